The number of hydrogen-bond acceptors (Lipinski definition) is 9. The van der Waals surface area contributed by atoms with Gasteiger partial charge in [-0.2, -0.15) is 0 Å². The van der Waals surface area contributed by atoms with Gasteiger partial charge in [0.25, 0.3) is 11.5 Å². The van der Waals surface area contributed by atoms with Crippen molar-refractivity contribution in [3.8, 4) is 6.01 Å². The standard InChI is InChI=1S/C19H23N5O7/c1-19(2)30-15-11(24-7-4-13(25)23-18(24)27)9-28-12(16(15)31-19)8-22-14(26)10-29-17-20-5-3-6-21-17/h3-7,11-12,15-16H,8-10H2,1-2H3,(H,22,26)(H,23,25,27)/t11-,12-,15+,16-/m1/s1. The predicted octanol–water partition coefficient (Wildman–Crippen LogP) is -1.02. The third kappa shape index (κ3) is 4.81. The summed E-state index contributed by atoms with van der Waals surface area (Å²) in [5.41, 5.74) is -1.04. The van der Waals surface area contributed by atoms with Crippen molar-refractivity contribution in [3.05, 3.63) is 51.6 Å². The van der Waals surface area contributed by atoms with Crippen molar-refractivity contribution >= 4 is 5.91 Å². The van der Waals surface area contributed by atoms with Crippen molar-refractivity contribution in [2.45, 2.75) is 44.0 Å². The average molecular weight is 433 g/mol. The third-order valence-corrected chi connectivity index (χ3v) is 4.97. The van der Waals surface area contributed by atoms with E-state index in [2.05, 4.69) is 20.3 Å². The third-order valence-electron chi connectivity index (χ3n) is 4.97. The SMILES string of the molecule is CC1(C)O[C@@H]2[C@H](O1)[C@@H](CNC(=O)COc1ncccn1)OC[C@H]2n1ccc(=O)[nH]c1=O. The second-order valence-corrected chi connectivity index (χ2v) is 7.65. The van der Waals surface area contributed by atoms with Gasteiger partial charge in [0.2, 0.25) is 0 Å². The highest BCUT2D eigenvalue weighted by Gasteiger charge is 2.52. The monoisotopic (exact) mass is 433 g/mol. The van der Waals surface area contributed by atoms with Crippen LogP contribution in [0.5, 0.6) is 6.01 Å². The molecule has 0 saturated carbocycles. The van der Waals surface area contributed by atoms with Crippen LogP contribution in [0.1, 0.15) is 19.9 Å². The zero-order valence-electron chi connectivity index (χ0n) is 17.0. The molecule has 4 heterocycles. The molecule has 2 saturated heterocycles. The molecule has 1 amide bonds. The summed E-state index contributed by atoms with van der Waals surface area (Å²) >= 11 is 0. The molecule has 2 fully saturated rings. The maximum absolute atomic E-state index is 12.2. The van der Waals surface area contributed by atoms with Gasteiger partial charge in [-0.1, -0.05) is 0 Å². The molecular weight excluding hydrogens is 410 g/mol. The van der Waals surface area contributed by atoms with Gasteiger partial charge in [0.1, 0.15) is 18.3 Å². The number of carbonyl (C=O) groups excluding carboxylic acids is 1. The van der Waals surface area contributed by atoms with Crippen molar-refractivity contribution < 1.29 is 23.7 Å². The molecule has 4 atom stereocenters. The molecule has 2 aromatic heterocycles. The van der Waals surface area contributed by atoms with E-state index >= 15 is 0 Å². The van der Waals surface area contributed by atoms with Crippen LogP contribution in [-0.4, -0.2) is 69.3 Å². The minimum Gasteiger partial charge on any atom is -0.453 e. The van der Waals surface area contributed by atoms with E-state index < -0.39 is 41.4 Å². The molecule has 0 unspecified atom stereocenters. The first kappa shape index (κ1) is 21.2. The van der Waals surface area contributed by atoms with Crippen LogP contribution in [0, 0.1) is 0 Å². The first-order chi connectivity index (χ1) is 14.8. The van der Waals surface area contributed by atoms with E-state index in [0.29, 0.717) is 0 Å². The quantitative estimate of drug-likeness (QED) is 0.584. The minimum atomic E-state index is -0.900. The fourth-order valence-electron chi connectivity index (χ4n) is 3.67. The van der Waals surface area contributed by atoms with Crippen LogP contribution in [0.3, 0.4) is 0 Å². The van der Waals surface area contributed by atoms with Gasteiger partial charge in [-0.15, -0.1) is 0 Å². The maximum atomic E-state index is 12.2. The number of carbonyl (C=O) groups is 1. The molecule has 0 spiro atoms. The Kier molecular flexibility index (Phi) is 5.85. The number of hydrogen-bond donors (Lipinski definition) is 2. The fraction of sp³-hybridized carbons (Fsp3) is 0.526. The van der Waals surface area contributed by atoms with Crippen molar-refractivity contribution in [3.63, 3.8) is 0 Å². The molecule has 2 aliphatic rings. The molecule has 12 nitrogen and oxygen atoms in total. The average Bonchev–Trinajstić information content (AvgIpc) is 3.07. The van der Waals surface area contributed by atoms with Crippen molar-refractivity contribution in [1.29, 1.82) is 0 Å². The fourth-order valence-corrected chi connectivity index (χ4v) is 3.67. The van der Waals surface area contributed by atoms with Gasteiger partial charge in [-0.3, -0.25) is 19.1 Å². The number of nitrogens with zero attached hydrogens (tertiary/aromatic N) is 3. The minimum absolute atomic E-state index is 0.107. The maximum Gasteiger partial charge on any atom is 0.328 e. The van der Waals surface area contributed by atoms with Gasteiger partial charge >= 0.3 is 11.7 Å². The van der Waals surface area contributed by atoms with E-state index in [1.807, 2.05) is 0 Å². The van der Waals surface area contributed by atoms with Gasteiger partial charge in [0.05, 0.1) is 12.6 Å². The Morgan fingerprint density at radius 3 is 2.77 bits per heavy atom. The number of ether oxygens (including phenoxy) is 4. The van der Waals surface area contributed by atoms with E-state index in [1.165, 1.54) is 29.2 Å². The Morgan fingerprint density at radius 1 is 1.29 bits per heavy atom. The largest absolute Gasteiger partial charge is 0.453 e. The zero-order valence-corrected chi connectivity index (χ0v) is 17.0. The highest BCUT2D eigenvalue weighted by atomic mass is 16.8. The van der Waals surface area contributed by atoms with Crippen molar-refractivity contribution in [2.75, 3.05) is 19.8 Å². The number of aromatic nitrogens is 4. The summed E-state index contributed by atoms with van der Waals surface area (Å²) in [5.74, 6) is -1.27. The van der Waals surface area contributed by atoms with Gasteiger partial charge in [-0.25, -0.2) is 14.8 Å². The van der Waals surface area contributed by atoms with Crippen LogP contribution >= 0.6 is 0 Å². The van der Waals surface area contributed by atoms with Crippen molar-refractivity contribution in [2.24, 2.45) is 0 Å². The number of nitrogens with one attached hydrogen (secondary N) is 2. The van der Waals surface area contributed by atoms with Gasteiger partial charge in [-0.05, 0) is 19.9 Å². The summed E-state index contributed by atoms with van der Waals surface area (Å²) in [4.78, 5) is 45.8. The Morgan fingerprint density at radius 2 is 2.03 bits per heavy atom. The number of rotatable bonds is 6. The molecule has 0 aromatic carbocycles. The van der Waals surface area contributed by atoms with Crippen LogP contribution in [0.4, 0.5) is 0 Å². The van der Waals surface area contributed by atoms with Crippen molar-refractivity contribution in [1.82, 2.24) is 24.8 Å². The molecule has 0 radical (unpaired) electrons. The Labute approximate surface area is 176 Å². The number of fused-ring (bicyclic) bond motifs is 1. The highest BCUT2D eigenvalue weighted by Crippen LogP contribution is 2.39. The first-order valence-electron chi connectivity index (χ1n) is 9.78. The smallest absolute Gasteiger partial charge is 0.328 e. The van der Waals surface area contributed by atoms with E-state index in [4.69, 9.17) is 18.9 Å². The van der Waals surface area contributed by atoms with Gasteiger partial charge in [0.15, 0.2) is 12.4 Å². The molecule has 166 valence electrons. The summed E-state index contributed by atoms with van der Waals surface area (Å²) in [6.07, 6.45) is 2.89. The molecule has 4 rings (SSSR count). The molecule has 12 heteroatoms. The van der Waals surface area contributed by atoms with Gasteiger partial charge in [0, 0.05) is 31.2 Å². The number of aromatic amines is 1. The van der Waals surface area contributed by atoms with Crippen LogP contribution in [0.2, 0.25) is 0 Å². The lowest BCUT2D eigenvalue weighted by Crippen LogP contribution is -2.54. The van der Waals surface area contributed by atoms with Crippen LogP contribution in [0.15, 0.2) is 40.3 Å². The highest BCUT2D eigenvalue weighted by molar-refractivity contribution is 5.77. The van der Waals surface area contributed by atoms with E-state index in [-0.39, 0.29) is 31.7 Å². The summed E-state index contributed by atoms with van der Waals surface area (Å²) in [5, 5.41) is 2.74. The molecule has 0 bridgehead atoms. The summed E-state index contributed by atoms with van der Waals surface area (Å²) in [7, 11) is 0. The zero-order chi connectivity index (χ0) is 22.0. The van der Waals surface area contributed by atoms with Gasteiger partial charge < -0.3 is 24.3 Å². The lowest BCUT2D eigenvalue weighted by atomic mass is 9.97. The lowest BCUT2D eigenvalue weighted by molar-refractivity contribution is -0.153. The Balaban J connectivity index is 1.40. The first-order valence-corrected chi connectivity index (χ1v) is 9.78. The van der Waals surface area contributed by atoms with Crippen LogP contribution < -0.4 is 21.3 Å². The Bertz CT molecular complexity index is 1040. The topological polar surface area (TPSA) is 147 Å². The number of amides is 1. The molecule has 31 heavy (non-hydrogen) atoms. The Hall–Kier alpha value is -3.09. The molecule has 2 N–H and O–H groups in total. The van der Waals surface area contributed by atoms with E-state index in [0.717, 1.165) is 0 Å². The summed E-state index contributed by atoms with van der Waals surface area (Å²) in [6.45, 7) is 3.58. The second-order valence-electron chi connectivity index (χ2n) is 7.65. The van der Waals surface area contributed by atoms with Crippen LogP contribution in [0.25, 0.3) is 0 Å². The van der Waals surface area contributed by atoms with E-state index in [1.54, 1.807) is 19.9 Å². The summed E-state index contributed by atoms with van der Waals surface area (Å²) < 4.78 is 24.6. The summed E-state index contributed by atoms with van der Waals surface area (Å²) in [6, 6.07) is 2.51. The predicted molar refractivity (Wildman–Crippen MR) is 104 cm³/mol. The molecule has 2 aliphatic heterocycles. The molecule has 0 aliphatic carbocycles. The second kappa shape index (κ2) is 8.57. The van der Waals surface area contributed by atoms with Crippen LogP contribution in [-0.2, 0) is 19.0 Å². The molecule has 2 aromatic rings. The molecular formula is C19H23N5O7. The number of H-pyrrole nitrogens is 1. The van der Waals surface area contributed by atoms with E-state index in [9.17, 15) is 14.4 Å². The normalized spacial score (nSPS) is 26.8. The lowest BCUT2D eigenvalue weighted by Gasteiger charge is -2.37.